The van der Waals surface area contributed by atoms with Crippen molar-refractivity contribution in [2.24, 2.45) is 0 Å². The lowest BCUT2D eigenvalue weighted by molar-refractivity contribution is -0.122. The van der Waals surface area contributed by atoms with Crippen molar-refractivity contribution in [3.05, 3.63) is 33.3 Å². The van der Waals surface area contributed by atoms with Crippen LogP contribution in [0.15, 0.2) is 23.8 Å². The van der Waals surface area contributed by atoms with Crippen LogP contribution in [-0.4, -0.2) is 39.3 Å². The van der Waals surface area contributed by atoms with Gasteiger partial charge >= 0.3 is 0 Å². The number of hydrogen-bond donors (Lipinski definition) is 1. The molecule has 0 saturated carbocycles. The molecule has 0 spiro atoms. The minimum absolute atomic E-state index is 0.0688. The Morgan fingerprint density at radius 2 is 2.46 bits per heavy atom. The van der Waals surface area contributed by atoms with Crippen molar-refractivity contribution in [3.8, 4) is 0 Å². The fourth-order valence-corrected chi connectivity index (χ4v) is 3.93. The maximum Gasteiger partial charge on any atom is 0.273 e. The summed E-state index contributed by atoms with van der Waals surface area (Å²) in [7, 11) is 0. The molecule has 0 aromatic carbocycles. The van der Waals surface area contributed by atoms with Crippen molar-refractivity contribution in [2.75, 3.05) is 13.2 Å². The number of hydrogen-bond acceptors (Lipinski definition) is 6. The highest BCUT2D eigenvalue weighted by Crippen LogP contribution is 2.17. The Morgan fingerprint density at radius 3 is 3.17 bits per heavy atom. The minimum atomic E-state index is -0.258. The van der Waals surface area contributed by atoms with Gasteiger partial charge in [-0.1, -0.05) is 17.4 Å². The van der Waals surface area contributed by atoms with Crippen LogP contribution in [0.4, 0.5) is 0 Å². The zero-order valence-corrected chi connectivity index (χ0v) is 14.7. The van der Waals surface area contributed by atoms with Crippen LogP contribution in [0.25, 0.3) is 10.3 Å². The number of amides is 1. The summed E-state index contributed by atoms with van der Waals surface area (Å²) in [6, 6.07) is 0. The van der Waals surface area contributed by atoms with Crippen LogP contribution < -0.4 is 10.9 Å². The van der Waals surface area contributed by atoms with E-state index in [1.54, 1.807) is 10.6 Å². The van der Waals surface area contributed by atoms with Gasteiger partial charge in [0.2, 0.25) is 5.91 Å². The predicted octanol–water partition coefficient (Wildman–Crippen LogP) is 1.47. The van der Waals surface area contributed by atoms with Gasteiger partial charge in [-0.3, -0.25) is 14.2 Å². The standard InChI is InChI=1S/C15H18N4O3S2/c1-2-5-19-13-12(24-15(19)23)14(21)18(9-17-13)8-11(20)16-7-10-4-3-6-22-10/h2,9-10H,1,3-8H2,(H,16,20). The number of ether oxygens (including phenoxy) is 1. The normalized spacial score (nSPS) is 17.2. The highest BCUT2D eigenvalue weighted by Gasteiger charge is 2.17. The van der Waals surface area contributed by atoms with Gasteiger partial charge < -0.3 is 14.6 Å². The molecule has 1 unspecified atom stereocenters. The third-order valence-corrected chi connectivity index (χ3v) is 5.25. The Kier molecular flexibility index (Phi) is 5.22. The van der Waals surface area contributed by atoms with E-state index in [1.165, 1.54) is 22.2 Å². The number of thiazole rings is 1. The first kappa shape index (κ1) is 17.0. The summed E-state index contributed by atoms with van der Waals surface area (Å²) in [5.74, 6) is -0.233. The van der Waals surface area contributed by atoms with Gasteiger partial charge in [-0.05, 0) is 25.1 Å². The molecule has 7 nitrogen and oxygen atoms in total. The van der Waals surface area contributed by atoms with E-state index in [4.69, 9.17) is 17.0 Å². The molecule has 0 aliphatic carbocycles. The van der Waals surface area contributed by atoms with Crippen molar-refractivity contribution in [1.82, 2.24) is 19.4 Å². The molecule has 0 radical (unpaired) electrons. The topological polar surface area (TPSA) is 78.2 Å². The second kappa shape index (κ2) is 7.37. The van der Waals surface area contributed by atoms with E-state index < -0.39 is 0 Å². The highest BCUT2D eigenvalue weighted by atomic mass is 32.1. The first-order chi connectivity index (χ1) is 11.6. The van der Waals surface area contributed by atoms with Gasteiger partial charge in [0.15, 0.2) is 9.60 Å². The Morgan fingerprint density at radius 1 is 1.62 bits per heavy atom. The summed E-state index contributed by atoms with van der Waals surface area (Å²) in [5.41, 5.74) is 0.275. The average Bonchev–Trinajstić information content (AvgIpc) is 3.18. The molecule has 2 aromatic rings. The number of nitrogens with zero attached hydrogens (tertiary/aromatic N) is 3. The van der Waals surface area contributed by atoms with Crippen LogP contribution in [0.5, 0.6) is 0 Å². The molecule has 2 aromatic heterocycles. The van der Waals surface area contributed by atoms with Gasteiger partial charge in [-0.15, -0.1) is 6.58 Å². The molecule has 1 aliphatic rings. The number of rotatable bonds is 6. The summed E-state index contributed by atoms with van der Waals surface area (Å²) < 4.78 is 9.54. The third-order valence-electron chi connectivity index (χ3n) is 3.82. The summed E-state index contributed by atoms with van der Waals surface area (Å²) in [5, 5.41) is 2.80. The lowest BCUT2D eigenvalue weighted by atomic mass is 10.2. The van der Waals surface area contributed by atoms with E-state index in [-0.39, 0.29) is 24.1 Å². The summed E-state index contributed by atoms with van der Waals surface area (Å²) >= 11 is 6.47. The molecule has 1 amide bonds. The molecule has 1 saturated heterocycles. The second-order valence-electron chi connectivity index (χ2n) is 5.54. The molecule has 128 valence electrons. The fraction of sp³-hybridized carbons (Fsp3) is 0.467. The predicted molar refractivity (Wildman–Crippen MR) is 94.9 cm³/mol. The molecule has 3 heterocycles. The monoisotopic (exact) mass is 366 g/mol. The highest BCUT2D eigenvalue weighted by molar-refractivity contribution is 7.73. The number of fused-ring (bicyclic) bond motifs is 1. The van der Waals surface area contributed by atoms with Gasteiger partial charge in [0.25, 0.3) is 5.56 Å². The Balaban J connectivity index is 1.76. The van der Waals surface area contributed by atoms with Crippen molar-refractivity contribution in [1.29, 1.82) is 0 Å². The Bertz CT molecular complexity index is 877. The van der Waals surface area contributed by atoms with E-state index >= 15 is 0 Å². The number of aromatic nitrogens is 3. The van der Waals surface area contributed by atoms with Crippen molar-refractivity contribution >= 4 is 39.8 Å². The molecule has 9 heteroatoms. The zero-order valence-electron chi connectivity index (χ0n) is 13.1. The molecule has 1 atom stereocenters. The molecule has 1 fully saturated rings. The molecule has 1 N–H and O–H groups in total. The fourth-order valence-electron chi connectivity index (χ4n) is 2.62. The largest absolute Gasteiger partial charge is 0.376 e. The van der Waals surface area contributed by atoms with E-state index in [1.807, 2.05) is 0 Å². The maximum absolute atomic E-state index is 12.5. The zero-order chi connectivity index (χ0) is 17.1. The molecular formula is C15H18N4O3S2. The van der Waals surface area contributed by atoms with Crippen molar-refractivity contribution < 1.29 is 9.53 Å². The summed E-state index contributed by atoms with van der Waals surface area (Å²) in [6.45, 7) is 5.32. The van der Waals surface area contributed by atoms with E-state index in [9.17, 15) is 9.59 Å². The molecular weight excluding hydrogens is 348 g/mol. The second-order valence-corrected chi connectivity index (χ2v) is 7.18. The van der Waals surface area contributed by atoms with E-state index in [0.29, 0.717) is 27.4 Å². The van der Waals surface area contributed by atoms with Crippen LogP contribution >= 0.6 is 23.6 Å². The van der Waals surface area contributed by atoms with Gasteiger partial charge in [-0.2, -0.15) is 0 Å². The number of carbonyl (C=O) groups excluding carboxylic acids is 1. The smallest absolute Gasteiger partial charge is 0.273 e. The number of nitrogens with one attached hydrogen (secondary N) is 1. The maximum atomic E-state index is 12.5. The van der Waals surface area contributed by atoms with Crippen LogP contribution in [0, 0.1) is 3.95 Å². The molecule has 1 aliphatic heterocycles. The Hall–Kier alpha value is -1.84. The molecule has 3 rings (SSSR count). The summed E-state index contributed by atoms with van der Waals surface area (Å²) in [6.07, 6.45) is 5.13. The number of allylic oxidation sites excluding steroid dienone is 1. The first-order valence-electron chi connectivity index (χ1n) is 7.68. The lowest BCUT2D eigenvalue weighted by Crippen LogP contribution is -2.36. The first-order valence-corrected chi connectivity index (χ1v) is 8.90. The van der Waals surface area contributed by atoms with Crippen LogP contribution in [0.1, 0.15) is 12.8 Å². The third kappa shape index (κ3) is 3.47. The van der Waals surface area contributed by atoms with E-state index in [0.717, 1.165) is 19.4 Å². The molecule has 24 heavy (non-hydrogen) atoms. The average molecular weight is 366 g/mol. The van der Waals surface area contributed by atoms with Crippen LogP contribution in [0.2, 0.25) is 0 Å². The van der Waals surface area contributed by atoms with Gasteiger partial charge in [0, 0.05) is 19.7 Å². The van der Waals surface area contributed by atoms with Gasteiger partial charge in [-0.25, -0.2) is 4.98 Å². The van der Waals surface area contributed by atoms with Crippen molar-refractivity contribution in [3.63, 3.8) is 0 Å². The van der Waals surface area contributed by atoms with E-state index in [2.05, 4.69) is 16.9 Å². The molecule has 0 bridgehead atoms. The van der Waals surface area contributed by atoms with Crippen molar-refractivity contribution in [2.45, 2.75) is 32.0 Å². The van der Waals surface area contributed by atoms with Gasteiger partial charge in [0.05, 0.1) is 6.10 Å². The SMILES string of the molecule is C=CCn1c(=S)sc2c(=O)n(CC(=O)NCC3CCCO3)cnc21. The lowest BCUT2D eigenvalue weighted by Gasteiger charge is -2.11. The quantitative estimate of drug-likeness (QED) is 0.619. The minimum Gasteiger partial charge on any atom is -0.376 e. The van der Waals surface area contributed by atoms with Gasteiger partial charge in [0.1, 0.15) is 17.6 Å². The summed E-state index contributed by atoms with van der Waals surface area (Å²) in [4.78, 5) is 28.9. The van der Waals surface area contributed by atoms with Crippen LogP contribution in [0.3, 0.4) is 0 Å². The number of carbonyl (C=O) groups is 1. The van der Waals surface area contributed by atoms with Crippen LogP contribution in [-0.2, 0) is 22.6 Å². The Labute approximate surface area is 147 Å².